The minimum atomic E-state index is -1.08. The zero-order valence-corrected chi connectivity index (χ0v) is 15.5. The van der Waals surface area contributed by atoms with Crippen molar-refractivity contribution in [2.24, 2.45) is 7.05 Å². The van der Waals surface area contributed by atoms with Crippen LogP contribution in [0, 0.1) is 13.8 Å². The number of nitrogens with one attached hydrogen (secondary N) is 2. The molecule has 0 spiro atoms. The standard InChI is InChI=1S/C17H24N4O2S/c1-11(9-16-12(2)20-21(4)13(16)3)18-17(22)19-14-7-6-8-15(10-14)24(5)23/h6-8,10-11H,9H2,1-5H3,(H2,18,19,22)/t11-,24-/m0/s1. The molecular formula is C17H24N4O2S. The van der Waals surface area contributed by atoms with Crippen molar-refractivity contribution in [3.8, 4) is 0 Å². The third-order valence-electron chi connectivity index (χ3n) is 3.97. The third kappa shape index (κ3) is 4.44. The molecule has 1 aromatic carbocycles. The van der Waals surface area contributed by atoms with Gasteiger partial charge in [-0.25, -0.2) is 4.79 Å². The number of aromatic nitrogens is 2. The van der Waals surface area contributed by atoms with Crippen LogP contribution in [0.5, 0.6) is 0 Å². The fourth-order valence-corrected chi connectivity index (χ4v) is 3.18. The van der Waals surface area contributed by atoms with E-state index in [2.05, 4.69) is 15.7 Å². The van der Waals surface area contributed by atoms with Gasteiger partial charge in [0, 0.05) is 46.4 Å². The molecule has 2 atom stereocenters. The summed E-state index contributed by atoms with van der Waals surface area (Å²) in [6.07, 6.45) is 2.33. The molecule has 0 saturated heterocycles. The highest BCUT2D eigenvalue weighted by Gasteiger charge is 2.15. The van der Waals surface area contributed by atoms with E-state index in [1.54, 1.807) is 30.5 Å². The molecule has 1 heterocycles. The molecule has 0 fully saturated rings. The lowest BCUT2D eigenvalue weighted by Gasteiger charge is -2.15. The van der Waals surface area contributed by atoms with Crippen LogP contribution < -0.4 is 10.6 Å². The Morgan fingerprint density at radius 3 is 2.67 bits per heavy atom. The van der Waals surface area contributed by atoms with Crippen LogP contribution in [0.1, 0.15) is 23.9 Å². The number of aryl methyl sites for hydroxylation is 2. The Bertz CT molecular complexity index is 770. The van der Waals surface area contributed by atoms with Crippen LogP contribution in [-0.4, -0.2) is 32.3 Å². The summed E-state index contributed by atoms with van der Waals surface area (Å²) in [7, 11) is 0.843. The third-order valence-corrected chi connectivity index (χ3v) is 4.89. The molecule has 2 rings (SSSR count). The van der Waals surface area contributed by atoms with Crippen molar-refractivity contribution in [1.82, 2.24) is 15.1 Å². The Balaban J connectivity index is 1.97. The van der Waals surface area contributed by atoms with Crippen molar-refractivity contribution in [1.29, 1.82) is 0 Å². The van der Waals surface area contributed by atoms with Gasteiger partial charge in [-0.2, -0.15) is 5.10 Å². The smallest absolute Gasteiger partial charge is 0.319 e. The Morgan fingerprint density at radius 2 is 2.08 bits per heavy atom. The maximum atomic E-state index is 12.2. The van der Waals surface area contributed by atoms with Crippen molar-refractivity contribution >= 4 is 22.5 Å². The Hall–Kier alpha value is -2.15. The van der Waals surface area contributed by atoms with Gasteiger partial charge in [-0.15, -0.1) is 0 Å². The SMILES string of the molecule is Cc1nn(C)c(C)c1C[C@H](C)NC(=O)Nc1cccc([S@](C)=O)c1. The van der Waals surface area contributed by atoms with Gasteiger partial charge >= 0.3 is 6.03 Å². The molecule has 6 nitrogen and oxygen atoms in total. The number of nitrogens with zero attached hydrogens (tertiary/aromatic N) is 2. The largest absolute Gasteiger partial charge is 0.335 e. The van der Waals surface area contributed by atoms with Crippen LogP contribution in [0.25, 0.3) is 0 Å². The van der Waals surface area contributed by atoms with Crippen LogP contribution >= 0.6 is 0 Å². The highest BCUT2D eigenvalue weighted by atomic mass is 32.2. The van der Waals surface area contributed by atoms with E-state index in [1.165, 1.54) is 0 Å². The van der Waals surface area contributed by atoms with E-state index in [9.17, 15) is 9.00 Å². The molecule has 0 saturated carbocycles. The molecule has 2 aromatic rings. The minimum Gasteiger partial charge on any atom is -0.335 e. The zero-order valence-electron chi connectivity index (χ0n) is 14.7. The fraction of sp³-hybridized carbons (Fsp3) is 0.412. The maximum absolute atomic E-state index is 12.2. The molecule has 0 radical (unpaired) electrons. The zero-order chi connectivity index (χ0) is 17.9. The number of benzene rings is 1. The number of amides is 2. The topological polar surface area (TPSA) is 76.0 Å². The van der Waals surface area contributed by atoms with E-state index in [0.29, 0.717) is 10.6 Å². The van der Waals surface area contributed by atoms with Gasteiger partial charge in [0.1, 0.15) is 0 Å². The number of carbonyl (C=O) groups excluding carboxylic acids is 1. The molecule has 2 N–H and O–H groups in total. The summed E-state index contributed by atoms with van der Waals surface area (Å²) in [6.45, 7) is 5.97. The van der Waals surface area contributed by atoms with Crippen molar-refractivity contribution in [2.45, 2.75) is 38.1 Å². The average molecular weight is 348 g/mol. The van der Waals surface area contributed by atoms with Crippen LogP contribution in [0.2, 0.25) is 0 Å². The summed E-state index contributed by atoms with van der Waals surface area (Å²) in [5.41, 5.74) is 3.89. The molecule has 0 unspecified atom stereocenters. The molecule has 0 bridgehead atoms. The molecule has 24 heavy (non-hydrogen) atoms. The van der Waals surface area contributed by atoms with E-state index in [0.717, 1.165) is 23.4 Å². The fourth-order valence-electron chi connectivity index (χ4n) is 2.61. The minimum absolute atomic E-state index is 0.0323. The van der Waals surface area contributed by atoms with Gasteiger partial charge in [0.05, 0.1) is 5.69 Å². The molecular weight excluding hydrogens is 324 g/mol. The number of urea groups is 1. The second kappa shape index (κ2) is 7.61. The molecule has 7 heteroatoms. The van der Waals surface area contributed by atoms with Crippen molar-refractivity contribution < 1.29 is 9.00 Å². The lowest BCUT2D eigenvalue weighted by atomic mass is 10.1. The molecule has 0 aliphatic carbocycles. The summed E-state index contributed by atoms with van der Waals surface area (Å²) in [4.78, 5) is 12.8. The predicted octanol–water partition coefficient (Wildman–Crippen LogP) is 2.53. The molecule has 2 amide bonds. The number of hydrogen-bond acceptors (Lipinski definition) is 3. The molecule has 0 aliphatic rings. The number of anilines is 1. The lowest BCUT2D eigenvalue weighted by molar-refractivity contribution is 0.249. The Labute approximate surface area is 145 Å². The van der Waals surface area contributed by atoms with E-state index >= 15 is 0 Å². The average Bonchev–Trinajstić information content (AvgIpc) is 2.73. The van der Waals surface area contributed by atoms with Gasteiger partial charge in [-0.3, -0.25) is 8.89 Å². The van der Waals surface area contributed by atoms with Gasteiger partial charge in [-0.1, -0.05) is 6.07 Å². The van der Waals surface area contributed by atoms with E-state index < -0.39 is 10.8 Å². The van der Waals surface area contributed by atoms with E-state index in [4.69, 9.17) is 0 Å². The number of carbonyl (C=O) groups is 1. The highest BCUT2D eigenvalue weighted by molar-refractivity contribution is 7.84. The van der Waals surface area contributed by atoms with Gasteiger partial charge in [0.15, 0.2) is 0 Å². The summed E-state index contributed by atoms with van der Waals surface area (Å²) in [5, 5.41) is 10.1. The molecule has 0 aliphatic heterocycles. The normalized spacial score (nSPS) is 13.4. The monoisotopic (exact) mass is 348 g/mol. The Morgan fingerprint density at radius 1 is 1.38 bits per heavy atom. The molecule has 130 valence electrons. The van der Waals surface area contributed by atoms with Gasteiger partial charge in [-0.05, 0) is 51.0 Å². The van der Waals surface area contributed by atoms with Crippen molar-refractivity contribution in [3.05, 3.63) is 41.2 Å². The first-order valence-electron chi connectivity index (χ1n) is 7.78. The summed E-state index contributed by atoms with van der Waals surface area (Å²) in [5.74, 6) is 0. The first-order valence-corrected chi connectivity index (χ1v) is 9.33. The van der Waals surface area contributed by atoms with Crippen molar-refractivity contribution in [3.63, 3.8) is 0 Å². The summed E-state index contributed by atoms with van der Waals surface area (Å²) in [6, 6.07) is 6.73. The maximum Gasteiger partial charge on any atom is 0.319 e. The first kappa shape index (κ1) is 18.2. The quantitative estimate of drug-likeness (QED) is 0.872. The van der Waals surface area contributed by atoms with Gasteiger partial charge in [0.2, 0.25) is 0 Å². The summed E-state index contributed by atoms with van der Waals surface area (Å²) >= 11 is 0. The molecule has 1 aromatic heterocycles. The van der Waals surface area contributed by atoms with Crippen molar-refractivity contribution in [2.75, 3.05) is 11.6 Å². The highest BCUT2D eigenvalue weighted by Crippen LogP contribution is 2.15. The second-order valence-electron chi connectivity index (χ2n) is 5.96. The van der Waals surface area contributed by atoms with Gasteiger partial charge < -0.3 is 10.6 Å². The van der Waals surface area contributed by atoms with E-state index in [1.807, 2.05) is 32.5 Å². The first-order chi connectivity index (χ1) is 11.3. The number of rotatable bonds is 5. The van der Waals surface area contributed by atoms with Crippen LogP contribution in [-0.2, 0) is 24.3 Å². The van der Waals surface area contributed by atoms with Gasteiger partial charge in [0.25, 0.3) is 0 Å². The van der Waals surface area contributed by atoms with Crippen LogP contribution in [0.3, 0.4) is 0 Å². The van der Waals surface area contributed by atoms with Crippen LogP contribution in [0.4, 0.5) is 10.5 Å². The Kier molecular flexibility index (Phi) is 5.77. The van der Waals surface area contributed by atoms with E-state index in [-0.39, 0.29) is 12.1 Å². The lowest BCUT2D eigenvalue weighted by Crippen LogP contribution is -2.37. The second-order valence-corrected chi connectivity index (χ2v) is 7.34. The predicted molar refractivity (Wildman–Crippen MR) is 96.8 cm³/mol. The number of hydrogen-bond donors (Lipinski definition) is 2. The van der Waals surface area contributed by atoms with Crippen LogP contribution in [0.15, 0.2) is 29.2 Å². The summed E-state index contributed by atoms with van der Waals surface area (Å²) < 4.78 is 13.4.